The van der Waals surface area contributed by atoms with Crippen molar-refractivity contribution in [1.82, 2.24) is 0 Å². The Balaban J connectivity index is 0. The van der Waals surface area contributed by atoms with E-state index in [4.69, 9.17) is 15.5 Å². The van der Waals surface area contributed by atoms with Crippen LogP contribution in [0.3, 0.4) is 0 Å². The minimum atomic E-state index is -2.12. The average Bonchev–Trinajstić information content (AvgIpc) is 2.22. The second-order valence-corrected chi connectivity index (χ2v) is 5.86. The van der Waals surface area contributed by atoms with E-state index in [0.717, 1.165) is 32.2 Å². The fourth-order valence-electron chi connectivity index (χ4n) is 1.97. The highest BCUT2D eigenvalue weighted by atomic mass is 31.2. The second kappa shape index (κ2) is 11.1. The van der Waals surface area contributed by atoms with Gasteiger partial charge in [0, 0.05) is 0 Å². The minimum absolute atomic E-state index is 0.334. The van der Waals surface area contributed by atoms with Crippen LogP contribution in [-0.4, -0.2) is 27.0 Å². The summed E-state index contributed by atoms with van der Waals surface area (Å²) in [6.45, 7) is 9.17. The molecule has 0 saturated carbocycles. The highest BCUT2D eigenvalue weighted by molar-refractivity contribution is 7.42. The zero-order valence-corrected chi connectivity index (χ0v) is 13.0. The summed E-state index contributed by atoms with van der Waals surface area (Å²) in [5.41, 5.74) is 9.23. The molecule has 0 aliphatic carbocycles. The van der Waals surface area contributed by atoms with Crippen molar-refractivity contribution in [3.63, 3.8) is 0 Å². The fourth-order valence-corrected chi connectivity index (χ4v) is 1.97. The number of aliphatic hydroxyl groups is 1. The van der Waals surface area contributed by atoms with Crippen LogP contribution < -0.4 is 11.2 Å². The van der Waals surface area contributed by atoms with Crippen LogP contribution in [-0.2, 0) is 0 Å². The van der Waals surface area contributed by atoms with Crippen molar-refractivity contribution in [3.05, 3.63) is 0 Å². The first-order chi connectivity index (χ1) is 8.18. The van der Waals surface area contributed by atoms with Crippen molar-refractivity contribution in [1.29, 1.82) is 0 Å². The molecule has 6 heteroatoms. The van der Waals surface area contributed by atoms with Crippen LogP contribution in [0.1, 0.15) is 53.4 Å². The van der Waals surface area contributed by atoms with Gasteiger partial charge in [0.1, 0.15) is 0 Å². The number of nitrogens with two attached hydrogens (primary N) is 2. The van der Waals surface area contributed by atoms with E-state index < -0.39 is 14.1 Å². The van der Waals surface area contributed by atoms with Gasteiger partial charge in [0.05, 0.1) is 5.60 Å². The molecule has 112 valence electrons. The molecular weight excluding hydrogens is 251 g/mol. The van der Waals surface area contributed by atoms with Crippen molar-refractivity contribution >= 4 is 8.53 Å². The van der Waals surface area contributed by atoms with Crippen LogP contribution in [0.5, 0.6) is 0 Å². The number of hydrogen-bond acceptors (Lipinski definition) is 5. The third-order valence-electron chi connectivity index (χ3n) is 3.28. The zero-order valence-electron chi connectivity index (χ0n) is 12.1. The third kappa shape index (κ3) is 10.2. The van der Waals surface area contributed by atoms with Gasteiger partial charge in [-0.1, -0.05) is 40.5 Å². The number of unbranched alkanes of at least 4 members (excludes halogenated alkanes) is 2. The topological polar surface area (TPSA) is 113 Å². The smallest absolute Gasteiger partial charge is 0.247 e. The first-order valence-corrected chi connectivity index (χ1v) is 7.85. The van der Waals surface area contributed by atoms with E-state index >= 15 is 0 Å². The quantitative estimate of drug-likeness (QED) is 0.360. The van der Waals surface area contributed by atoms with Gasteiger partial charge < -0.3 is 20.6 Å². The van der Waals surface area contributed by atoms with Crippen LogP contribution >= 0.6 is 8.53 Å². The van der Waals surface area contributed by atoms with E-state index in [0.29, 0.717) is 11.8 Å². The average molecular weight is 282 g/mol. The van der Waals surface area contributed by atoms with Crippen LogP contribution in [0, 0.1) is 11.8 Å². The molecule has 0 atom stereocenters. The van der Waals surface area contributed by atoms with E-state index in [1.165, 1.54) is 0 Å². The molecule has 0 bridgehead atoms. The van der Waals surface area contributed by atoms with Crippen molar-refractivity contribution in [2.45, 2.75) is 59.0 Å². The van der Waals surface area contributed by atoms with E-state index in [2.05, 4.69) is 33.2 Å². The lowest BCUT2D eigenvalue weighted by Gasteiger charge is -2.36. The van der Waals surface area contributed by atoms with Gasteiger partial charge >= 0.3 is 0 Å². The van der Waals surface area contributed by atoms with Crippen molar-refractivity contribution in [3.8, 4) is 0 Å². The summed E-state index contributed by atoms with van der Waals surface area (Å²) in [6, 6.07) is 0. The molecule has 0 fully saturated rings. The summed E-state index contributed by atoms with van der Waals surface area (Å²) in [7, 11) is -2.12. The number of hydrogen-bond donors (Lipinski definition) is 5. The molecule has 0 aromatic rings. The van der Waals surface area contributed by atoms with Crippen LogP contribution in [0.4, 0.5) is 0 Å². The zero-order chi connectivity index (χ0) is 14.8. The molecule has 5 nitrogen and oxygen atoms in total. The molecule has 0 radical (unpaired) electrons. The Kier molecular flexibility index (Phi) is 12.7. The third-order valence-corrected chi connectivity index (χ3v) is 3.28. The van der Waals surface area contributed by atoms with E-state index in [1.54, 1.807) is 0 Å². The molecule has 0 heterocycles. The van der Waals surface area contributed by atoms with Gasteiger partial charge in [-0.25, -0.2) is 0 Å². The van der Waals surface area contributed by atoms with Crippen LogP contribution in [0.25, 0.3) is 0 Å². The maximum absolute atomic E-state index is 10.4. The lowest BCUT2D eigenvalue weighted by molar-refractivity contribution is -0.0555. The van der Waals surface area contributed by atoms with Gasteiger partial charge in [0.25, 0.3) is 0 Å². The molecule has 0 saturated heterocycles. The maximum atomic E-state index is 10.4. The van der Waals surface area contributed by atoms with Crippen LogP contribution in [0.2, 0.25) is 0 Å². The standard InChI is InChI=1S/C12H27NO.H4NO2P/c1-10(2)12(14,11(3)4)8-6-5-7-9-13;1-4(2)3/h10-11,14H,5-9,13H2,1-4H3;2-3H,1H2. The van der Waals surface area contributed by atoms with Gasteiger partial charge in [-0.3, -0.25) is 5.50 Å². The van der Waals surface area contributed by atoms with Crippen molar-refractivity contribution in [2.24, 2.45) is 23.1 Å². The summed E-state index contributed by atoms with van der Waals surface area (Å²) in [6.07, 6.45) is 4.21. The molecule has 0 aromatic heterocycles. The van der Waals surface area contributed by atoms with Gasteiger partial charge in [0.2, 0.25) is 8.53 Å². The van der Waals surface area contributed by atoms with Crippen molar-refractivity contribution in [2.75, 3.05) is 6.54 Å². The second-order valence-electron chi connectivity index (χ2n) is 5.22. The SMILES string of the molecule is CC(C)C(O)(CCCCCN)C(C)C.NP(O)O. The maximum Gasteiger partial charge on any atom is 0.247 e. The summed E-state index contributed by atoms with van der Waals surface area (Å²) < 4.78 is 0. The Hall–Kier alpha value is 0.230. The molecule has 0 rings (SSSR count). The fraction of sp³-hybridized carbons (Fsp3) is 1.00. The Morgan fingerprint density at radius 3 is 1.67 bits per heavy atom. The molecule has 7 N–H and O–H groups in total. The van der Waals surface area contributed by atoms with Gasteiger partial charge in [-0.15, -0.1) is 0 Å². The van der Waals surface area contributed by atoms with Gasteiger partial charge in [-0.05, 0) is 31.2 Å². The highest BCUT2D eigenvalue weighted by Crippen LogP contribution is 2.31. The lowest BCUT2D eigenvalue weighted by atomic mass is 9.77. The minimum Gasteiger partial charge on any atom is -0.389 e. The predicted octanol–water partition coefficient (Wildman–Crippen LogP) is 1.71. The number of rotatable bonds is 7. The van der Waals surface area contributed by atoms with Crippen LogP contribution in [0.15, 0.2) is 0 Å². The summed E-state index contributed by atoms with van der Waals surface area (Å²) in [5.74, 6) is 0.667. The molecule has 0 aliphatic heterocycles. The van der Waals surface area contributed by atoms with Crippen molar-refractivity contribution < 1.29 is 14.9 Å². The monoisotopic (exact) mass is 282 g/mol. The molecule has 0 spiro atoms. The van der Waals surface area contributed by atoms with E-state index in [9.17, 15) is 5.11 Å². The normalized spacial score (nSPS) is 12.0. The first kappa shape index (κ1) is 20.5. The van der Waals surface area contributed by atoms with Gasteiger partial charge in [-0.2, -0.15) is 0 Å². The summed E-state index contributed by atoms with van der Waals surface area (Å²) in [4.78, 5) is 14.9. The van der Waals surface area contributed by atoms with Gasteiger partial charge in [0.15, 0.2) is 0 Å². The molecule has 0 aliphatic rings. The molecule has 0 amide bonds. The molecule has 18 heavy (non-hydrogen) atoms. The van der Waals surface area contributed by atoms with E-state index in [1.807, 2.05) is 0 Å². The molecular formula is C12H31N2O3P. The predicted molar refractivity (Wildman–Crippen MR) is 77.7 cm³/mol. The Morgan fingerprint density at radius 1 is 1.00 bits per heavy atom. The molecule has 0 aromatic carbocycles. The Bertz CT molecular complexity index is 179. The van der Waals surface area contributed by atoms with E-state index in [-0.39, 0.29) is 0 Å². The highest BCUT2D eigenvalue weighted by Gasteiger charge is 2.33. The Morgan fingerprint density at radius 2 is 1.39 bits per heavy atom. The lowest BCUT2D eigenvalue weighted by Crippen LogP contribution is -2.40. The largest absolute Gasteiger partial charge is 0.389 e. The summed E-state index contributed by atoms with van der Waals surface area (Å²) in [5, 5.41) is 10.4. The summed E-state index contributed by atoms with van der Waals surface area (Å²) >= 11 is 0. The first-order valence-electron chi connectivity index (χ1n) is 6.53. The molecule has 0 unspecified atom stereocenters. The Labute approximate surface area is 113 Å².